The highest BCUT2D eigenvalue weighted by atomic mass is 16.6. The smallest absolute Gasteiger partial charge is 0.306 e. The number of rotatable bonds is 34. The molecule has 0 aliphatic heterocycles. The fourth-order valence-corrected chi connectivity index (χ4v) is 5.80. The highest BCUT2D eigenvalue weighted by Crippen LogP contribution is 2.19. The zero-order valence-corrected chi connectivity index (χ0v) is 29.2. The van der Waals surface area contributed by atoms with Gasteiger partial charge in [0.15, 0.2) is 6.10 Å². The van der Waals surface area contributed by atoms with Crippen LogP contribution < -0.4 is 0 Å². The van der Waals surface area contributed by atoms with Gasteiger partial charge in [-0.25, -0.2) is 0 Å². The number of hydrogen-bond donors (Lipinski definition) is 1. The van der Waals surface area contributed by atoms with E-state index < -0.39 is 6.10 Å². The lowest BCUT2D eigenvalue weighted by atomic mass is 9.96. The number of unbranched alkanes of at least 4 members (excludes halogenated alkanes) is 22. The lowest BCUT2D eigenvalue weighted by molar-refractivity contribution is -0.161. The molecule has 0 bridgehead atoms. The van der Waals surface area contributed by atoms with Crippen molar-refractivity contribution in [1.82, 2.24) is 0 Å². The number of esters is 2. The van der Waals surface area contributed by atoms with Gasteiger partial charge in [-0.2, -0.15) is 0 Å². The Morgan fingerprint density at radius 1 is 0.512 bits per heavy atom. The summed E-state index contributed by atoms with van der Waals surface area (Å²) in [5.41, 5.74) is 0. The Kier molecular flexibility index (Phi) is 32.9. The third kappa shape index (κ3) is 32.1. The predicted octanol–water partition coefficient (Wildman–Crippen LogP) is 11.4. The summed E-state index contributed by atoms with van der Waals surface area (Å²) >= 11 is 0. The van der Waals surface area contributed by atoms with Crippen molar-refractivity contribution in [2.75, 3.05) is 13.2 Å². The minimum Gasteiger partial charge on any atom is -0.462 e. The Balaban J connectivity index is 3.58. The van der Waals surface area contributed by atoms with Crippen LogP contribution in [-0.2, 0) is 19.1 Å². The first-order valence-corrected chi connectivity index (χ1v) is 19.0. The minimum atomic E-state index is -0.763. The topological polar surface area (TPSA) is 72.8 Å². The van der Waals surface area contributed by atoms with E-state index in [0.29, 0.717) is 12.8 Å². The van der Waals surface area contributed by atoms with Crippen molar-refractivity contribution in [1.29, 1.82) is 0 Å². The normalized spacial score (nSPS) is 12.7. The molecule has 0 aliphatic carbocycles. The molecule has 0 radical (unpaired) electrons. The standard InChI is InChI=1S/C38H74O5/c1-4-6-8-10-12-13-14-15-16-17-18-23-27-31-37(40)42-34-36(33-39)43-38(41)32-28-24-20-19-22-26-30-35(3)29-25-21-11-9-7-5-2/h35-36,39H,4-34H2,1-3H3/t35-,36+/m1/s1. The van der Waals surface area contributed by atoms with Gasteiger partial charge in [0.05, 0.1) is 6.61 Å². The third-order valence-corrected chi connectivity index (χ3v) is 8.79. The van der Waals surface area contributed by atoms with Crippen molar-refractivity contribution in [2.45, 2.75) is 213 Å². The Morgan fingerprint density at radius 2 is 0.860 bits per heavy atom. The maximum Gasteiger partial charge on any atom is 0.306 e. The van der Waals surface area contributed by atoms with Crippen molar-refractivity contribution >= 4 is 11.9 Å². The van der Waals surface area contributed by atoms with E-state index in [0.717, 1.165) is 38.0 Å². The van der Waals surface area contributed by atoms with Crippen molar-refractivity contribution in [3.05, 3.63) is 0 Å². The number of carbonyl (C=O) groups excluding carboxylic acids is 2. The fourth-order valence-electron chi connectivity index (χ4n) is 5.80. The molecule has 0 aliphatic rings. The van der Waals surface area contributed by atoms with E-state index in [1.807, 2.05) is 0 Å². The van der Waals surface area contributed by atoms with Gasteiger partial charge in [0.1, 0.15) is 6.61 Å². The molecule has 0 heterocycles. The summed E-state index contributed by atoms with van der Waals surface area (Å²) in [6.45, 7) is 6.55. The minimum absolute atomic E-state index is 0.0587. The Labute approximate surface area is 268 Å². The van der Waals surface area contributed by atoms with Crippen LogP contribution in [0.1, 0.15) is 207 Å². The lowest BCUT2D eigenvalue weighted by Gasteiger charge is -2.15. The van der Waals surface area contributed by atoms with Gasteiger partial charge in [-0.05, 0) is 18.8 Å². The van der Waals surface area contributed by atoms with Gasteiger partial charge in [0.2, 0.25) is 0 Å². The largest absolute Gasteiger partial charge is 0.462 e. The third-order valence-electron chi connectivity index (χ3n) is 8.79. The summed E-state index contributed by atoms with van der Waals surface area (Å²) in [7, 11) is 0. The van der Waals surface area contributed by atoms with E-state index in [9.17, 15) is 14.7 Å². The number of aliphatic hydroxyl groups excluding tert-OH is 1. The van der Waals surface area contributed by atoms with Gasteiger partial charge >= 0.3 is 11.9 Å². The molecule has 0 unspecified atom stereocenters. The molecular weight excluding hydrogens is 536 g/mol. The average Bonchev–Trinajstić information content (AvgIpc) is 3.00. The molecule has 0 rings (SSSR count). The first kappa shape index (κ1) is 41.9. The molecule has 0 saturated carbocycles. The van der Waals surface area contributed by atoms with E-state index in [1.165, 1.54) is 141 Å². The first-order valence-electron chi connectivity index (χ1n) is 19.0. The molecule has 0 aromatic carbocycles. The predicted molar refractivity (Wildman–Crippen MR) is 182 cm³/mol. The van der Waals surface area contributed by atoms with Crippen molar-refractivity contribution < 1.29 is 24.2 Å². The molecule has 0 spiro atoms. The molecule has 43 heavy (non-hydrogen) atoms. The molecule has 1 N–H and O–H groups in total. The lowest BCUT2D eigenvalue weighted by Crippen LogP contribution is -2.28. The maximum atomic E-state index is 12.2. The van der Waals surface area contributed by atoms with E-state index in [-0.39, 0.29) is 25.2 Å². The summed E-state index contributed by atoms with van der Waals surface area (Å²) in [6.07, 6.45) is 34.3. The molecule has 5 heteroatoms. The van der Waals surface area contributed by atoms with Crippen LogP contribution in [-0.4, -0.2) is 36.4 Å². The quantitative estimate of drug-likeness (QED) is 0.0579. The van der Waals surface area contributed by atoms with Gasteiger partial charge in [-0.1, -0.05) is 181 Å². The van der Waals surface area contributed by atoms with E-state index >= 15 is 0 Å². The molecule has 0 saturated heterocycles. The van der Waals surface area contributed by atoms with Gasteiger partial charge in [0, 0.05) is 12.8 Å². The first-order chi connectivity index (χ1) is 21.0. The maximum absolute atomic E-state index is 12.2. The SMILES string of the molecule is CCCCCCCCCCCCCCCC(=O)OC[C@H](CO)OC(=O)CCCCCCCC[C@H](C)CCCCCCCC. The molecule has 0 amide bonds. The van der Waals surface area contributed by atoms with Crippen LogP contribution in [0.5, 0.6) is 0 Å². The molecule has 0 aromatic heterocycles. The van der Waals surface area contributed by atoms with E-state index in [1.54, 1.807) is 0 Å². The summed E-state index contributed by atoms with van der Waals surface area (Å²) in [4.78, 5) is 24.2. The summed E-state index contributed by atoms with van der Waals surface area (Å²) < 4.78 is 10.6. The highest BCUT2D eigenvalue weighted by Gasteiger charge is 2.16. The number of aliphatic hydroxyl groups is 1. The van der Waals surface area contributed by atoms with Crippen molar-refractivity contribution in [2.24, 2.45) is 5.92 Å². The average molecular weight is 611 g/mol. The molecule has 0 fully saturated rings. The number of ether oxygens (including phenoxy) is 2. The van der Waals surface area contributed by atoms with Gasteiger partial charge < -0.3 is 14.6 Å². The van der Waals surface area contributed by atoms with Crippen LogP contribution in [0.3, 0.4) is 0 Å². The Bertz CT molecular complexity index is 593. The summed E-state index contributed by atoms with van der Waals surface area (Å²) in [5.74, 6) is 0.267. The number of hydrogen-bond acceptors (Lipinski definition) is 5. The van der Waals surface area contributed by atoms with Crippen LogP contribution >= 0.6 is 0 Å². The number of carbonyl (C=O) groups is 2. The monoisotopic (exact) mass is 611 g/mol. The second-order valence-corrected chi connectivity index (χ2v) is 13.3. The Hall–Kier alpha value is -1.10. The Morgan fingerprint density at radius 3 is 1.26 bits per heavy atom. The fraction of sp³-hybridized carbons (Fsp3) is 0.947. The summed E-state index contributed by atoms with van der Waals surface area (Å²) in [6, 6.07) is 0. The summed E-state index contributed by atoms with van der Waals surface area (Å²) in [5, 5.41) is 9.54. The van der Waals surface area contributed by atoms with Gasteiger partial charge in [0.25, 0.3) is 0 Å². The van der Waals surface area contributed by atoms with Crippen LogP contribution in [0.25, 0.3) is 0 Å². The van der Waals surface area contributed by atoms with Gasteiger partial charge in [-0.15, -0.1) is 0 Å². The zero-order valence-electron chi connectivity index (χ0n) is 29.2. The van der Waals surface area contributed by atoms with Crippen LogP contribution in [0.4, 0.5) is 0 Å². The van der Waals surface area contributed by atoms with Crippen molar-refractivity contribution in [3.63, 3.8) is 0 Å². The second kappa shape index (κ2) is 33.8. The second-order valence-electron chi connectivity index (χ2n) is 13.3. The van der Waals surface area contributed by atoms with Crippen LogP contribution in [0, 0.1) is 5.92 Å². The van der Waals surface area contributed by atoms with E-state index in [2.05, 4.69) is 20.8 Å². The van der Waals surface area contributed by atoms with Crippen molar-refractivity contribution in [3.8, 4) is 0 Å². The molecule has 2 atom stereocenters. The highest BCUT2D eigenvalue weighted by molar-refractivity contribution is 5.70. The van der Waals surface area contributed by atoms with Crippen LogP contribution in [0.2, 0.25) is 0 Å². The molecule has 0 aromatic rings. The molecule has 256 valence electrons. The van der Waals surface area contributed by atoms with Crippen LogP contribution in [0.15, 0.2) is 0 Å². The molecular formula is C38H74O5. The van der Waals surface area contributed by atoms with Gasteiger partial charge in [-0.3, -0.25) is 9.59 Å². The molecule has 5 nitrogen and oxygen atoms in total. The van der Waals surface area contributed by atoms with E-state index in [4.69, 9.17) is 9.47 Å². The zero-order chi connectivity index (χ0) is 31.6.